The van der Waals surface area contributed by atoms with Crippen molar-refractivity contribution in [2.45, 2.75) is 142 Å². The molecule has 1 atom stereocenters. The molecule has 0 aromatic heterocycles. The molecule has 3 nitrogen and oxygen atoms in total. The summed E-state index contributed by atoms with van der Waals surface area (Å²) in [5, 5.41) is 0. The Morgan fingerprint density at radius 3 is 1.63 bits per heavy atom. The van der Waals surface area contributed by atoms with E-state index < -0.39 is 0 Å². The lowest BCUT2D eigenvalue weighted by atomic mass is 10.0. The Kier molecular flexibility index (Phi) is 20.8. The van der Waals surface area contributed by atoms with Crippen molar-refractivity contribution in [3.8, 4) is 0 Å². The highest BCUT2D eigenvalue weighted by Crippen LogP contribution is 2.15. The molecule has 0 N–H and O–H groups in total. The van der Waals surface area contributed by atoms with Crippen LogP contribution in [0.4, 0.5) is 0 Å². The van der Waals surface area contributed by atoms with Crippen molar-refractivity contribution in [1.82, 2.24) is 0 Å². The molecule has 0 amide bonds. The third kappa shape index (κ3) is 19.7. The second kappa shape index (κ2) is 21.4. The van der Waals surface area contributed by atoms with Gasteiger partial charge in [-0.25, -0.2) is 0 Å². The van der Waals surface area contributed by atoms with Crippen LogP contribution in [-0.4, -0.2) is 18.4 Å². The Hall–Kier alpha value is -0.860. The van der Waals surface area contributed by atoms with E-state index in [-0.39, 0.29) is 12.1 Å². The number of unbranched alkanes of at least 4 members (excludes halogenated alkanes) is 14. The van der Waals surface area contributed by atoms with Crippen LogP contribution in [0.3, 0.4) is 0 Å². The predicted octanol–water partition coefficient (Wildman–Crippen LogP) is 7.55. The van der Waals surface area contributed by atoms with Crippen LogP contribution in [0.2, 0.25) is 0 Å². The molecule has 0 radical (unpaired) electrons. The van der Waals surface area contributed by atoms with Crippen LogP contribution in [0.1, 0.15) is 136 Å². The molecule has 0 fully saturated rings. The molecule has 0 aliphatic carbocycles. The standard InChI is InChI=1S/C24H46O3/c1-3-5-7-9-11-12-14-16-18-20-24(26)27-23(21-22-25)19-17-15-13-10-8-6-4-2/h22-23H,3-21H2,1-2H3. The third-order valence-electron chi connectivity index (χ3n) is 5.27. The molecule has 0 spiro atoms. The van der Waals surface area contributed by atoms with Gasteiger partial charge in [0.15, 0.2) is 0 Å². The fourth-order valence-electron chi connectivity index (χ4n) is 3.49. The topological polar surface area (TPSA) is 43.4 Å². The van der Waals surface area contributed by atoms with E-state index in [4.69, 9.17) is 4.74 Å². The number of ether oxygens (including phenoxy) is 1. The number of hydrogen-bond donors (Lipinski definition) is 0. The average molecular weight is 383 g/mol. The van der Waals surface area contributed by atoms with Gasteiger partial charge in [0.2, 0.25) is 0 Å². The van der Waals surface area contributed by atoms with Gasteiger partial charge in [0.1, 0.15) is 12.4 Å². The highest BCUT2D eigenvalue weighted by Gasteiger charge is 2.13. The maximum absolute atomic E-state index is 12.0. The SMILES string of the molecule is CCCCCCCCCCCC(=O)OC(CC=O)CCCCCCCCC. The van der Waals surface area contributed by atoms with Crippen LogP contribution in [0.5, 0.6) is 0 Å². The Labute approximate surface area is 169 Å². The Balaban J connectivity index is 3.63. The molecule has 0 aromatic rings. The average Bonchev–Trinajstić information content (AvgIpc) is 2.66. The van der Waals surface area contributed by atoms with Gasteiger partial charge in [-0.1, -0.05) is 104 Å². The molecular formula is C24H46O3. The fraction of sp³-hybridized carbons (Fsp3) is 0.917. The Morgan fingerprint density at radius 2 is 1.15 bits per heavy atom. The lowest BCUT2D eigenvalue weighted by Crippen LogP contribution is -2.18. The van der Waals surface area contributed by atoms with E-state index in [2.05, 4.69) is 13.8 Å². The number of esters is 1. The largest absolute Gasteiger partial charge is 0.462 e. The molecule has 0 saturated carbocycles. The first-order valence-corrected chi connectivity index (χ1v) is 11.9. The monoisotopic (exact) mass is 382 g/mol. The van der Waals surface area contributed by atoms with Gasteiger partial charge in [-0.05, 0) is 19.3 Å². The van der Waals surface area contributed by atoms with Crippen LogP contribution in [0.25, 0.3) is 0 Å². The molecule has 0 aromatic carbocycles. The van der Waals surface area contributed by atoms with Crippen LogP contribution in [-0.2, 0) is 14.3 Å². The van der Waals surface area contributed by atoms with E-state index in [1.165, 1.54) is 83.5 Å². The number of hydrogen-bond acceptors (Lipinski definition) is 3. The molecule has 0 rings (SSSR count). The highest BCUT2D eigenvalue weighted by molar-refractivity contribution is 5.69. The minimum Gasteiger partial charge on any atom is -0.462 e. The Bertz CT molecular complexity index is 328. The molecular weight excluding hydrogens is 336 g/mol. The first-order valence-electron chi connectivity index (χ1n) is 11.9. The maximum atomic E-state index is 12.0. The van der Waals surface area contributed by atoms with Gasteiger partial charge >= 0.3 is 5.97 Å². The van der Waals surface area contributed by atoms with Crippen molar-refractivity contribution in [1.29, 1.82) is 0 Å². The molecule has 0 bridgehead atoms. The van der Waals surface area contributed by atoms with E-state index >= 15 is 0 Å². The fourth-order valence-corrected chi connectivity index (χ4v) is 3.49. The van der Waals surface area contributed by atoms with Gasteiger partial charge < -0.3 is 9.53 Å². The normalized spacial score (nSPS) is 12.1. The van der Waals surface area contributed by atoms with E-state index in [9.17, 15) is 9.59 Å². The summed E-state index contributed by atoms with van der Waals surface area (Å²) in [5.41, 5.74) is 0. The lowest BCUT2D eigenvalue weighted by molar-refractivity contribution is -0.150. The zero-order valence-corrected chi connectivity index (χ0v) is 18.3. The summed E-state index contributed by atoms with van der Waals surface area (Å²) in [6.45, 7) is 4.47. The quantitative estimate of drug-likeness (QED) is 0.117. The Morgan fingerprint density at radius 1 is 0.704 bits per heavy atom. The summed E-state index contributed by atoms with van der Waals surface area (Å²) >= 11 is 0. The highest BCUT2D eigenvalue weighted by atomic mass is 16.5. The molecule has 27 heavy (non-hydrogen) atoms. The first kappa shape index (κ1) is 26.1. The van der Waals surface area contributed by atoms with Crippen LogP contribution >= 0.6 is 0 Å². The first-order chi connectivity index (χ1) is 13.2. The minimum atomic E-state index is -0.204. The van der Waals surface area contributed by atoms with Crippen LogP contribution in [0, 0.1) is 0 Å². The van der Waals surface area contributed by atoms with Crippen molar-refractivity contribution < 1.29 is 14.3 Å². The van der Waals surface area contributed by atoms with Gasteiger partial charge in [0.05, 0.1) is 0 Å². The predicted molar refractivity (Wildman–Crippen MR) is 115 cm³/mol. The van der Waals surface area contributed by atoms with E-state index in [1.54, 1.807) is 0 Å². The van der Waals surface area contributed by atoms with Crippen molar-refractivity contribution in [3.63, 3.8) is 0 Å². The summed E-state index contributed by atoms with van der Waals surface area (Å²) in [4.78, 5) is 22.8. The number of carbonyl (C=O) groups excluding carboxylic acids is 2. The molecule has 3 heteroatoms. The van der Waals surface area contributed by atoms with E-state index in [1.807, 2.05) is 0 Å². The van der Waals surface area contributed by atoms with Gasteiger partial charge in [-0.15, -0.1) is 0 Å². The van der Waals surface area contributed by atoms with Crippen LogP contribution < -0.4 is 0 Å². The molecule has 0 saturated heterocycles. The zero-order valence-electron chi connectivity index (χ0n) is 18.3. The number of carbonyl (C=O) groups is 2. The van der Waals surface area contributed by atoms with E-state index in [0.29, 0.717) is 12.8 Å². The van der Waals surface area contributed by atoms with Gasteiger partial charge in [0, 0.05) is 12.8 Å². The second-order valence-electron chi connectivity index (χ2n) is 8.00. The van der Waals surface area contributed by atoms with Gasteiger partial charge in [-0.3, -0.25) is 4.79 Å². The third-order valence-corrected chi connectivity index (χ3v) is 5.27. The van der Waals surface area contributed by atoms with Crippen LogP contribution in [0.15, 0.2) is 0 Å². The molecule has 160 valence electrons. The summed E-state index contributed by atoms with van der Waals surface area (Å²) in [5.74, 6) is -0.118. The maximum Gasteiger partial charge on any atom is 0.306 e. The van der Waals surface area contributed by atoms with Gasteiger partial charge in [-0.2, -0.15) is 0 Å². The summed E-state index contributed by atoms with van der Waals surface area (Å²) < 4.78 is 5.54. The number of aldehydes is 1. The number of rotatable bonds is 21. The zero-order chi connectivity index (χ0) is 20.0. The summed E-state index contributed by atoms with van der Waals surface area (Å²) in [6, 6.07) is 0. The molecule has 1 unspecified atom stereocenters. The van der Waals surface area contributed by atoms with Crippen molar-refractivity contribution in [2.75, 3.05) is 0 Å². The smallest absolute Gasteiger partial charge is 0.306 e. The lowest BCUT2D eigenvalue weighted by Gasteiger charge is -2.15. The van der Waals surface area contributed by atoms with Crippen molar-refractivity contribution >= 4 is 12.3 Å². The second-order valence-corrected chi connectivity index (χ2v) is 8.00. The molecule has 0 aliphatic heterocycles. The molecule has 0 heterocycles. The summed E-state index contributed by atoms with van der Waals surface area (Å²) in [7, 11) is 0. The van der Waals surface area contributed by atoms with Gasteiger partial charge in [0.25, 0.3) is 0 Å². The molecule has 0 aliphatic rings. The van der Waals surface area contributed by atoms with E-state index in [0.717, 1.165) is 32.0 Å². The van der Waals surface area contributed by atoms with Crippen molar-refractivity contribution in [3.05, 3.63) is 0 Å². The summed E-state index contributed by atoms with van der Waals surface area (Å²) in [6.07, 6.45) is 22.3. The minimum absolute atomic E-state index is 0.118. The van der Waals surface area contributed by atoms with Crippen molar-refractivity contribution in [2.24, 2.45) is 0 Å².